The molecule has 0 unspecified atom stereocenters. The first-order chi connectivity index (χ1) is 9.15. The Morgan fingerprint density at radius 2 is 2.11 bits per heavy atom. The summed E-state index contributed by atoms with van der Waals surface area (Å²) < 4.78 is 0. The largest absolute Gasteiger partial charge is 0.506 e. The van der Waals surface area contributed by atoms with Gasteiger partial charge in [-0.1, -0.05) is 23.7 Å². The molecular weight excluding hydrogens is 260 g/mol. The van der Waals surface area contributed by atoms with Crippen molar-refractivity contribution in [2.75, 3.05) is 13.6 Å². The van der Waals surface area contributed by atoms with Crippen molar-refractivity contribution in [2.45, 2.75) is 13.0 Å². The average Bonchev–Trinajstić information content (AvgIpc) is 2.42. The summed E-state index contributed by atoms with van der Waals surface area (Å²) in [6, 6.07) is 11.3. The minimum absolute atomic E-state index is 0.126. The van der Waals surface area contributed by atoms with Crippen LogP contribution in [0.15, 0.2) is 42.6 Å². The molecule has 0 bridgehead atoms. The molecule has 0 saturated heterocycles. The van der Waals surface area contributed by atoms with E-state index in [0.717, 1.165) is 30.8 Å². The molecule has 1 heterocycles. The van der Waals surface area contributed by atoms with Gasteiger partial charge in [0.05, 0.1) is 5.02 Å². The topological polar surface area (TPSA) is 36.4 Å². The van der Waals surface area contributed by atoms with Gasteiger partial charge < -0.3 is 10.0 Å². The number of benzene rings is 1. The van der Waals surface area contributed by atoms with Crippen molar-refractivity contribution in [3.8, 4) is 5.75 Å². The van der Waals surface area contributed by atoms with E-state index in [1.54, 1.807) is 12.1 Å². The smallest absolute Gasteiger partial charge is 0.134 e. The highest BCUT2D eigenvalue weighted by molar-refractivity contribution is 6.32. The number of hydrogen-bond donors (Lipinski definition) is 1. The van der Waals surface area contributed by atoms with E-state index in [2.05, 4.69) is 16.9 Å². The summed E-state index contributed by atoms with van der Waals surface area (Å²) in [6.07, 6.45) is 2.73. The number of halogens is 1. The lowest BCUT2D eigenvalue weighted by molar-refractivity contribution is 0.330. The van der Waals surface area contributed by atoms with Gasteiger partial charge in [0.1, 0.15) is 5.75 Å². The summed E-state index contributed by atoms with van der Waals surface area (Å²) in [5.41, 5.74) is 2.18. The van der Waals surface area contributed by atoms with Crippen molar-refractivity contribution in [1.29, 1.82) is 0 Å². The van der Waals surface area contributed by atoms with Gasteiger partial charge in [0.25, 0.3) is 0 Å². The molecule has 0 aliphatic heterocycles. The number of likely N-dealkylation sites (N-methyl/N-ethyl adjacent to an activating group) is 1. The van der Waals surface area contributed by atoms with Crippen LogP contribution in [0.25, 0.3) is 0 Å². The zero-order valence-corrected chi connectivity index (χ0v) is 11.6. The fraction of sp³-hybridized carbons (Fsp3) is 0.267. The van der Waals surface area contributed by atoms with Gasteiger partial charge >= 0.3 is 0 Å². The third-order valence-electron chi connectivity index (χ3n) is 2.94. The predicted molar refractivity (Wildman–Crippen MR) is 77.4 cm³/mol. The van der Waals surface area contributed by atoms with Gasteiger partial charge in [-0.2, -0.15) is 0 Å². The Kier molecular flexibility index (Phi) is 4.77. The van der Waals surface area contributed by atoms with E-state index in [1.165, 1.54) is 0 Å². The second-order valence-electron chi connectivity index (χ2n) is 4.59. The molecule has 100 valence electrons. The highest BCUT2D eigenvalue weighted by atomic mass is 35.5. The number of hydrogen-bond acceptors (Lipinski definition) is 3. The summed E-state index contributed by atoms with van der Waals surface area (Å²) in [5, 5.41) is 9.77. The maximum absolute atomic E-state index is 9.38. The molecule has 2 rings (SSSR count). The fourth-order valence-corrected chi connectivity index (χ4v) is 2.09. The Labute approximate surface area is 118 Å². The van der Waals surface area contributed by atoms with Gasteiger partial charge in [-0.3, -0.25) is 4.98 Å². The molecule has 0 spiro atoms. The Morgan fingerprint density at radius 1 is 1.26 bits per heavy atom. The van der Waals surface area contributed by atoms with Crippen LogP contribution in [-0.4, -0.2) is 28.6 Å². The van der Waals surface area contributed by atoms with Crippen LogP contribution in [0.3, 0.4) is 0 Å². The van der Waals surface area contributed by atoms with Crippen LogP contribution in [0.5, 0.6) is 5.75 Å². The molecule has 0 aliphatic rings. The molecule has 0 saturated carbocycles. The minimum Gasteiger partial charge on any atom is -0.506 e. The van der Waals surface area contributed by atoms with E-state index in [9.17, 15) is 5.11 Å². The van der Waals surface area contributed by atoms with Crippen molar-refractivity contribution in [3.05, 3.63) is 58.9 Å². The molecule has 4 heteroatoms. The van der Waals surface area contributed by atoms with E-state index in [0.29, 0.717) is 5.02 Å². The van der Waals surface area contributed by atoms with Crippen LogP contribution in [-0.2, 0) is 13.0 Å². The highest BCUT2D eigenvalue weighted by Gasteiger charge is 2.04. The Balaban J connectivity index is 1.87. The summed E-state index contributed by atoms with van der Waals surface area (Å²) >= 11 is 5.89. The maximum atomic E-state index is 9.38. The molecule has 0 fully saturated rings. The first-order valence-electron chi connectivity index (χ1n) is 6.21. The highest BCUT2D eigenvalue weighted by Crippen LogP contribution is 2.24. The van der Waals surface area contributed by atoms with Crippen molar-refractivity contribution in [1.82, 2.24) is 9.88 Å². The molecule has 1 N–H and O–H groups in total. The number of pyridine rings is 1. The normalized spacial score (nSPS) is 10.9. The molecule has 19 heavy (non-hydrogen) atoms. The lowest BCUT2D eigenvalue weighted by Crippen LogP contribution is -2.21. The minimum atomic E-state index is 0.126. The molecule has 0 amide bonds. The number of aromatic hydroxyl groups is 1. The first kappa shape index (κ1) is 13.8. The van der Waals surface area contributed by atoms with Gasteiger partial charge in [0, 0.05) is 31.4 Å². The van der Waals surface area contributed by atoms with E-state index in [1.807, 2.05) is 30.5 Å². The monoisotopic (exact) mass is 276 g/mol. The molecule has 1 aromatic heterocycles. The number of phenolic OH excluding ortho intramolecular Hbond substituents is 1. The summed E-state index contributed by atoms with van der Waals surface area (Å²) in [6.45, 7) is 1.72. The molecule has 0 atom stereocenters. The molecule has 1 aromatic carbocycles. The van der Waals surface area contributed by atoms with Crippen LogP contribution in [0.2, 0.25) is 5.02 Å². The molecule has 3 nitrogen and oxygen atoms in total. The number of phenols is 1. The van der Waals surface area contributed by atoms with Crippen molar-refractivity contribution in [3.63, 3.8) is 0 Å². The van der Waals surface area contributed by atoms with Crippen LogP contribution >= 0.6 is 11.6 Å². The van der Waals surface area contributed by atoms with E-state index < -0.39 is 0 Å². The molecule has 0 radical (unpaired) electrons. The SMILES string of the molecule is CN(CCc1ccccn1)Cc1ccc(O)c(Cl)c1. The molecule has 2 aromatic rings. The van der Waals surface area contributed by atoms with Gasteiger partial charge in [-0.15, -0.1) is 0 Å². The fourth-order valence-electron chi connectivity index (χ4n) is 1.89. The summed E-state index contributed by atoms with van der Waals surface area (Å²) in [7, 11) is 2.06. The third-order valence-corrected chi connectivity index (χ3v) is 3.24. The van der Waals surface area contributed by atoms with Gasteiger partial charge in [-0.05, 0) is 36.9 Å². The van der Waals surface area contributed by atoms with Gasteiger partial charge in [0.15, 0.2) is 0 Å². The van der Waals surface area contributed by atoms with E-state index in [-0.39, 0.29) is 5.75 Å². The van der Waals surface area contributed by atoms with Crippen LogP contribution in [0.1, 0.15) is 11.3 Å². The number of rotatable bonds is 5. The van der Waals surface area contributed by atoms with E-state index in [4.69, 9.17) is 11.6 Å². The van der Waals surface area contributed by atoms with Crippen LogP contribution in [0, 0.1) is 0 Å². The summed E-state index contributed by atoms with van der Waals surface area (Å²) in [4.78, 5) is 6.51. The Hall–Kier alpha value is -1.58. The molecule has 0 aliphatic carbocycles. The van der Waals surface area contributed by atoms with Gasteiger partial charge in [0.2, 0.25) is 0 Å². The third kappa shape index (κ3) is 4.23. The first-order valence-corrected chi connectivity index (χ1v) is 6.59. The lowest BCUT2D eigenvalue weighted by atomic mass is 10.2. The Bertz CT molecular complexity index is 531. The second-order valence-corrected chi connectivity index (χ2v) is 5.00. The van der Waals surface area contributed by atoms with Crippen LogP contribution in [0.4, 0.5) is 0 Å². The van der Waals surface area contributed by atoms with Crippen molar-refractivity contribution in [2.24, 2.45) is 0 Å². The molecular formula is C15H17ClN2O. The number of nitrogens with zero attached hydrogens (tertiary/aromatic N) is 2. The van der Waals surface area contributed by atoms with Crippen LogP contribution < -0.4 is 0 Å². The zero-order chi connectivity index (χ0) is 13.7. The number of aromatic nitrogens is 1. The average molecular weight is 277 g/mol. The van der Waals surface area contributed by atoms with Crippen molar-refractivity contribution >= 4 is 11.6 Å². The summed E-state index contributed by atoms with van der Waals surface area (Å²) in [5.74, 6) is 0.126. The quantitative estimate of drug-likeness (QED) is 0.912. The Morgan fingerprint density at radius 3 is 2.79 bits per heavy atom. The van der Waals surface area contributed by atoms with E-state index >= 15 is 0 Å². The van der Waals surface area contributed by atoms with Crippen molar-refractivity contribution < 1.29 is 5.11 Å². The standard InChI is InChI=1S/C15H17ClN2O/c1-18(9-7-13-4-2-3-8-17-13)11-12-5-6-15(19)14(16)10-12/h2-6,8,10,19H,7,9,11H2,1H3. The predicted octanol–water partition coefficient (Wildman–Crippen LogP) is 3.12. The van der Waals surface area contributed by atoms with Gasteiger partial charge in [-0.25, -0.2) is 0 Å². The second kappa shape index (κ2) is 6.55. The lowest BCUT2D eigenvalue weighted by Gasteiger charge is -2.16. The maximum Gasteiger partial charge on any atom is 0.134 e. The zero-order valence-electron chi connectivity index (χ0n) is 10.9.